The normalized spacial score (nSPS) is 12.9. The zero-order chi connectivity index (χ0) is 15.7. The van der Waals surface area contributed by atoms with Crippen molar-refractivity contribution in [2.75, 3.05) is 21.3 Å². The number of fused-ring (bicyclic) bond motifs is 3. The van der Waals surface area contributed by atoms with Crippen molar-refractivity contribution in [1.29, 1.82) is 0 Å². The number of hydrogen-bond acceptors (Lipinski definition) is 3. The van der Waals surface area contributed by atoms with Crippen molar-refractivity contribution in [3.8, 4) is 28.4 Å². The van der Waals surface area contributed by atoms with E-state index in [1.165, 1.54) is 22.3 Å². The first-order valence-corrected chi connectivity index (χ1v) is 7.61. The Bertz CT molecular complexity index is 704. The highest BCUT2D eigenvalue weighted by Crippen LogP contribution is 2.49. The molecule has 1 aliphatic carbocycles. The second-order valence-corrected chi connectivity index (χ2v) is 5.69. The van der Waals surface area contributed by atoms with Gasteiger partial charge in [-0.15, -0.1) is 0 Å². The molecule has 3 nitrogen and oxygen atoms in total. The third kappa shape index (κ3) is 2.31. The summed E-state index contributed by atoms with van der Waals surface area (Å²) in [5.41, 5.74) is 6.33. The molecular weight excluding hydrogens is 276 g/mol. The Kier molecular flexibility index (Phi) is 3.97. The molecule has 0 N–H and O–H groups in total. The Labute approximate surface area is 131 Å². The van der Waals surface area contributed by atoms with Crippen molar-refractivity contribution < 1.29 is 14.2 Å². The molecule has 0 aromatic heterocycles. The molecular formula is C19H22O3. The molecule has 0 radical (unpaired) electrons. The van der Waals surface area contributed by atoms with Gasteiger partial charge in [0.2, 0.25) is 5.75 Å². The fourth-order valence-electron chi connectivity index (χ4n) is 3.34. The van der Waals surface area contributed by atoms with Crippen molar-refractivity contribution in [3.63, 3.8) is 0 Å². The monoisotopic (exact) mass is 298 g/mol. The van der Waals surface area contributed by atoms with E-state index in [0.717, 1.165) is 36.3 Å². The molecule has 0 bridgehead atoms. The van der Waals surface area contributed by atoms with Crippen LogP contribution in [0.4, 0.5) is 0 Å². The van der Waals surface area contributed by atoms with Crippen molar-refractivity contribution in [3.05, 3.63) is 41.0 Å². The number of ether oxygens (including phenoxy) is 3. The molecule has 22 heavy (non-hydrogen) atoms. The van der Waals surface area contributed by atoms with Crippen molar-refractivity contribution in [2.24, 2.45) is 0 Å². The Hall–Kier alpha value is -2.16. The third-order valence-electron chi connectivity index (χ3n) is 4.33. The highest BCUT2D eigenvalue weighted by Gasteiger charge is 2.24. The predicted molar refractivity (Wildman–Crippen MR) is 88.3 cm³/mol. The molecule has 2 aromatic carbocycles. The zero-order valence-corrected chi connectivity index (χ0v) is 13.7. The minimum atomic E-state index is 0.664. The standard InChI is InChI=1S/C19H22O3/c1-12-8-9-15-13(10-12)6-5-7-14-11-16(20-2)18(21-3)19(22-4)17(14)15/h8-11H,5-7H2,1-4H3. The summed E-state index contributed by atoms with van der Waals surface area (Å²) >= 11 is 0. The maximum absolute atomic E-state index is 5.71. The van der Waals surface area contributed by atoms with Crippen LogP contribution in [0.15, 0.2) is 24.3 Å². The molecule has 3 rings (SSSR count). The molecule has 0 heterocycles. The summed E-state index contributed by atoms with van der Waals surface area (Å²) in [4.78, 5) is 0. The summed E-state index contributed by atoms with van der Waals surface area (Å²) in [6.07, 6.45) is 3.22. The second-order valence-electron chi connectivity index (χ2n) is 5.69. The van der Waals surface area contributed by atoms with E-state index in [0.29, 0.717) is 5.75 Å². The molecule has 0 saturated carbocycles. The van der Waals surface area contributed by atoms with Crippen LogP contribution in [-0.2, 0) is 12.8 Å². The first kappa shape index (κ1) is 14.8. The summed E-state index contributed by atoms with van der Waals surface area (Å²) in [6.45, 7) is 2.14. The maximum atomic E-state index is 5.71. The lowest BCUT2D eigenvalue weighted by Crippen LogP contribution is -2.00. The molecule has 3 heteroatoms. The average molecular weight is 298 g/mol. The lowest BCUT2D eigenvalue weighted by molar-refractivity contribution is 0.324. The Balaban J connectivity index is 2.34. The number of aryl methyl sites for hydroxylation is 3. The van der Waals surface area contributed by atoms with Crippen molar-refractivity contribution in [1.82, 2.24) is 0 Å². The van der Waals surface area contributed by atoms with E-state index < -0.39 is 0 Å². The molecule has 116 valence electrons. The Morgan fingerprint density at radius 3 is 2.23 bits per heavy atom. The summed E-state index contributed by atoms with van der Waals surface area (Å²) in [6, 6.07) is 8.72. The van der Waals surface area contributed by atoms with E-state index in [4.69, 9.17) is 14.2 Å². The van der Waals surface area contributed by atoms with Crippen LogP contribution >= 0.6 is 0 Å². The highest BCUT2D eigenvalue weighted by atomic mass is 16.5. The van der Waals surface area contributed by atoms with Gasteiger partial charge in [0.15, 0.2) is 11.5 Å². The van der Waals surface area contributed by atoms with Crippen LogP contribution in [0, 0.1) is 6.92 Å². The van der Waals surface area contributed by atoms with Gasteiger partial charge in [0.1, 0.15) is 0 Å². The van der Waals surface area contributed by atoms with Gasteiger partial charge in [-0.2, -0.15) is 0 Å². The molecule has 1 aliphatic rings. The quantitative estimate of drug-likeness (QED) is 0.851. The molecule has 0 amide bonds. The largest absolute Gasteiger partial charge is 0.493 e. The topological polar surface area (TPSA) is 27.7 Å². The summed E-state index contributed by atoms with van der Waals surface area (Å²) < 4.78 is 16.8. The SMILES string of the molecule is COc1cc2c(c(OC)c1OC)-c1ccc(C)cc1CCC2. The van der Waals surface area contributed by atoms with Crippen LogP contribution in [0.3, 0.4) is 0 Å². The van der Waals surface area contributed by atoms with Gasteiger partial charge in [-0.3, -0.25) is 0 Å². The second kappa shape index (κ2) is 5.91. The number of rotatable bonds is 3. The van der Waals surface area contributed by atoms with Crippen LogP contribution in [0.1, 0.15) is 23.1 Å². The van der Waals surface area contributed by atoms with Crippen molar-refractivity contribution >= 4 is 0 Å². The Morgan fingerprint density at radius 2 is 1.55 bits per heavy atom. The molecule has 0 atom stereocenters. The number of methoxy groups -OCH3 is 3. The van der Waals surface area contributed by atoms with Gasteiger partial charge in [0.05, 0.1) is 21.3 Å². The molecule has 0 unspecified atom stereocenters. The Morgan fingerprint density at radius 1 is 0.818 bits per heavy atom. The van der Waals surface area contributed by atoms with Crippen LogP contribution in [0.2, 0.25) is 0 Å². The van der Waals surface area contributed by atoms with E-state index in [9.17, 15) is 0 Å². The minimum Gasteiger partial charge on any atom is -0.493 e. The fourth-order valence-corrected chi connectivity index (χ4v) is 3.34. The smallest absolute Gasteiger partial charge is 0.203 e. The lowest BCUT2D eigenvalue weighted by Gasteiger charge is -2.19. The molecule has 0 spiro atoms. The average Bonchev–Trinajstić information content (AvgIpc) is 2.71. The summed E-state index contributed by atoms with van der Waals surface area (Å²) in [5, 5.41) is 0. The molecule has 2 aromatic rings. The zero-order valence-electron chi connectivity index (χ0n) is 13.7. The van der Waals surface area contributed by atoms with E-state index in [1.807, 2.05) is 0 Å². The van der Waals surface area contributed by atoms with Gasteiger partial charge in [-0.25, -0.2) is 0 Å². The third-order valence-corrected chi connectivity index (χ3v) is 4.33. The van der Waals surface area contributed by atoms with E-state index in [-0.39, 0.29) is 0 Å². The lowest BCUT2D eigenvalue weighted by atomic mass is 9.94. The van der Waals surface area contributed by atoms with Crippen LogP contribution in [0.25, 0.3) is 11.1 Å². The molecule has 0 saturated heterocycles. The number of benzene rings is 2. The summed E-state index contributed by atoms with van der Waals surface area (Å²) in [5.74, 6) is 2.16. The molecule has 0 fully saturated rings. The van der Waals surface area contributed by atoms with Gasteiger partial charge < -0.3 is 14.2 Å². The van der Waals surface area contributed by atoms with Crippen LogP contribution in [-0.4, -0.2) is 21.3 Å². The summed E-state index contributed by atoms with van der Waals surface area (Å²) in [7, 11) is 5.01. The van der Waals surface area contributed by atoms with Crippen LogP contribution < -0.4 is 14.2 Å². The van der Waals surface area contributed by atoms with Crippen molar-refractivity contribution in [2.45, 2.75) is 26.2 Å². The fraction of sp³-hybridized carbons (Fsp3) is 0.368. The first-order chi connectivity index (χ1) is 10.7. The van der Waals surface area contributed by atoms with Gasteiger partial charge in [-0.05, 0) is 48.9 Å². The first-order valence-electron chi connectivity index (χ1n) is 7.61. The van der Waals surface area contributed by atoms with E-state index >= 15 is 0 Å². The predicted octanol–water partition coefficient (Wildman–Crippen LogP) is 4.18. The van der Waals surface area contributed by atoms with Gasteiger partial charge in [-0.1, -0.05) is 23.8 Å². The van der Waals surface area contributed by atoms with E-state index in [1.54, 1.807) is 21.3 Å². The number of hydrogen-bond donors (Lipinski definition) is 0. The maximum Gasteiger partial charge on any atom is 0.203 e. The van der Waals surface area contributed by atoms with Crippen LogP contribution in [0.5, 0.6) is 17.2 Å². The minimum absolute atomic E-state index is 0.664. The highest BCUT2D eigenvalue weighted by molar-refractivity contribution is 5.82. The van der Waals surface area contributed by atoms with Gasteiger partial charge in [0.25, 0.3) is 0 Å². The molecule has 0 aliphatic heterocycles. The van der Waals surface area contributed by atoms with Gasteiger partial charge >= 0.3 is 0 Å². The van der Waals surface area contributed by atoms with E-state index in [2.05, 4.69) is 31.2 Å². The van der Waals surface area contributed by atoms with Gasteiger partial charge in [0, 0.05) is 5.56 Å².